The molecule has 1 nitrogen and oxygen atoms in total. The molecule has 0 radical (unpaired) electrons. The summed E-state index contributed by atoms with van der Waals surface area (Å²) in [6, 6.07) is 2.02. The van der Waals surface area contributed by atoms with Gasteiger partial charge in [0.15, 0.2) is 0 Å². The van der Waals surface area contributed by atoms with Crippen LogP contribution >= 0.6 is 34.5 Å². The van der Waals surface area contributed by atoms with Gasteiger partial charge in [-0.3, -0.25) is 0 Å². The summed E-state index contributed by atoms with van der Waals surface area (Å²) in [5.41, 5.74) is 1.48. The second-order valence-electron chi connectivity index (χ2n) is 4.11. The lowest BCUT2D eigenvalue weighted by molar-refractivity contribution is 0.619. The van der Waals surface area contributed by atoms with E-state index in [1.807, 2.05) is 13.1 Å². The molecule has 78 valence electrons. The van der Waals surface area contributed by atoms with Crippen LogP contribution < -0.4 is 5.32 Å². The summed E-state index contributed by atoms with van der Waals surface area (Å²) in [6.45, 7) is 3.32. The Kier molecular flexibility index (Phi) is 2.82. The van der Waals surface area contributed by atoms with Crippen LogP contribution in [0.25, 0.3) is 0 Å². The zero-order valence-electron chi connectivity index (χ0n) is 8.23. The Morgan fingerprint density at radius 2 is 2.36 bits per heavy atom. The van der Waals surface area contributed by atoms with E-state index in [0.717, 1.165) is 15.2 Å². The Morgan fingerprint density at radius 3 is 2.86 bits per heavy atom. The van der Waals surface area contributed by atoms with Crippen molar-refractivity contribution in [3.8, 4) is 0 Å². The second-order valence-corrected chi connectivity index (χ2v) is 6.40. The summed E-state index contributed by atoms with van der Waals surface area (Å²) in [7, 11) is 1.99. The third-order valence-corrected chi connectivity index (χ3v) is 4.62. The minimum atomic E-state index is 0.254. The molecule has 2 rings (SSSR count). The lowest BCUT2D eigenvalue weighted by Gasteiger charge is -2.09. The van der Waals surface area contributed by atoms with E-state index in [2.05, 4.69) is 12.2 Å². The number of hydrogen-bond acceptors (Lipinski definition) is 2. The Hall–Kier alpha value is 0.240. The minimum absolute atomic E-state index is 0.254. The van der Waals surface area contributed by atoms with Gasteiger partial charge in [0.1, 0.15) is 0 Å². The molecule has 1 aliphatic rings. The second kappa shape index (κ2) is 3.67. The first kappa shape index (κ1) is 10.7. The summed E-state index contributed by atoms with van der Waals surface area (Å²) in [5.74, 6) is 0.704. The summed E-state index contributed by atoms with van der Waals surface area (Å²) in [6.07, 6.45) is 1.21. The maximum atomic E-state index is 6.15. The molecule has 14 heavy (non-hydrogen) atoms. The molecule has 1 saturated carbocycles. The quantitative estimate of drug-likeness (QED) is 0.865. The van der Waals surface area contributed by atoms with Crippen molar-refractivity contribution < 1.29 is 0 Å². The number of rotatable bonds is 3. The predicted octanol–water partition coefficient (Wildman–Crippen LogP) is 3.55. The van der Waals surface area contributed by atoms with Crippen LogP contribution in [0, 0.1) is 5.92 Å². The Balaban J connectivity index is 2.20. The monoisotopic (exact) mass is 249 g/mol. The van der Waals surface area contributed by atoms with Crippen molar-refractivity contribution >= 4 is 34.5 Å². The molecule has 1 N–H and O–H groups in total. The third-order valence-electron chi connectivity index (χ3n) is 3.13. The molecule has 0 spiro atoms. The Labute approximate surface area is 98.4 Å². The third kappa shape index (κ3) is 1.69. The van der Waals surface area contributed by atoms with Crippen LogP contribution in [-0.2, 0) is 5.41 Å². The molecule has 0 aliphatic heterocycles. The lowest BCUT2D eigenvalue weighted by atomic mass is 9.99. The van der Waals surface area contributed by atoms with E-state index in [-0.39, 0.29) is 5.41 Å². The summed E-state index contributed by atoms with van der Waals surface area (Å²) in [4.78, 5) is 0. The van der Waals surface area contributed by atoms with Gasteiger partial charge in [0.05, 0.1) is 8.67 Å². The van der Waals surface area contributed by atoms with E-state index in [4.69, 9.17) is 23.2 Å². The molecule has 1 aliphatic carbocycles. The fraction of sp³-hybridized carbons (Fsp3) is 0.600. The normalized spacial score (nSPS) is 30.7. The van der Waals surface area contributed by atoms with Gasteiger partial charge in [0.2, 0.25) is 0 Å². The molecule has 1 fully saturated rings. The first-order valence-corrected chi connectivity index (χ1v) is 6.25. The molecular formula is C10H13Cl2NS. The summed E-state index contributed by atoms with van der Waals surface area (Å²) < 4.78 is 1.65. The van der Waals surface area contributed by atoms with E-state index < -0.39 is 0 Å². The topological polar surface area (TPSA) is 12.0 Å². The molecule has 0 saturated heterocycles. The fourth-order valence-electron chi connectivity index (χ4n) is 2.06. The fourth-order valence-corrected chi connectivity index (χ4v) is 3.79. The number of nitrogens with one attached hydrogen (secondary N) is 1. The van der Waals surface area contributed by atoms with Gasteiger partial charge in [-0.05, 0) is 43.0 Å². The average molecular weight is 250 g/mol. The van der Waals surface area contributed by atoms with Gasteiger partial charge < -0.3 is 5.32 Å². The van der Waals surface area contributed by atoms with Crippen molar-refractivity contribution in [3.63, 3.8) is 0 Å². The molecule has 2 unspecified atom stereocenters. The van der Waals surface area contributed by atoms with Crippen LogP contribution in [0.1, 0.15) is 18.9 Å². The predicted molar refractivity (Wildman–Crippen MR) is 63.7 cm³/mol. The van der Waals surface area contributed by atoms with Gasteiger partial charge in [0.25, 0.3) is 0 Å². The Bertz CT molecular complexity index is 350. The maximum Gasteiger partial charge on any atom is 0.0981 e. The molecule has 0 bridgehead atoms. The van der Waals surface area contributed by atoms with Crippen molar-refractivity contribution in [1.29, 1.82) is 0 Å². The molecule has 1 heterocycles. The highest BCUT2D eigenvalue weighted by Gasteiger charge is 2.51. The van der Waals surface area contributed by atoms with Gasteiger partial charge in [0, 0.05) is 0 Å². The maximum absolute atomic E-state index is 6.15. The van der Waals surface area contributed by atoms with Crippen molar-refractivity contribution in [2.24, 2.45) is 5.92 Å². The van der Waals surface area contributed by atoms with Gasteiger partial charge in [-0.2, -0.15) is 0 Å². The first-order valence-electron chi connectivity index (χ1n) is 4.68. The van der Waals surface area contributed by atoms with E-state index in [1.54, 1.807) is 0 Å². The van der Waals surface area contributed by atoms with E-state index in [9.17, 15) is 0 Å². The van der Waals surface area contributed by atoms with Gasteiger partial charge in [-0.25, -0.2) is 0 Å². The van der Waals surface area contributed by atoms with Crippen LogP contribution in [-0.4, -0.2) is 13.6 Å². The summed E-state index contributed by atoms with van der Waals surface area (Å²) in [5, 5.41) is 3.21. The zero-order chi connectivity index (χ0) is 10.3. The number of thiophene rings is 1. The van der Waals surface area contributed by atoms with E-state index in [1.165, 1.54) is 23.3 Å². The standard InChI is InChI=1S/C10H13Cl2NS/c1-10(4-6(10)5-13-2)7-3-8(11)14-9(7)12/h3,6,13H,4-5H2,1-2H3. The lowest BCUT2D eigenvalue weighted by Crippen LogP contribution is -2.15. The van der Waals surface area contributed by atoms with E-state index in [0.29, 0.717) is 5.92 Å². The molecule has 2 atom stereocenters. The largest absolute Gasteiger partial charge is 0.319 e. The van der Waals surface area contributed by atoms with Crippen molar-refractivity contribution in [3.05, 3.63) is 20.3 Å². The highest BCUT2D eigenvalue weighted by atomic mass is 35.5. The van der Waals surface area contributed by atoms with Crippen molar-refractivity contribution in [1.82, 2.24) is 5.32 Å². The van der Waals surface area contributed by atoms with Crippen LogP contribution in [0.15, 0.2) is 6.07 Å². The van der Waals surface area contributed by atoms with Crippen molar-refractivity contribution in [2.45, 2.75) is 18.8 Å². The van der Waals surface area contributed by atoms with Gasteiger partial charge in [-0.1, -0.05) is 30.1 Å². The minimum Gasteiger partial charge on any atom is -0.319 e. The highest BCUT2D eigenvalue weighted by molar-refractivity contribution is 7.20. The first-order chi connectivity index (χ1) is 6.58. The van der Waals surface area contributed by atoms with Gasteiger partial charge >= 0.3 is 0 Å². The highest BCUT2D eigenvalue weighted by Crippen LogP contribution is 2.57. The molecule has 0 amide bonds. The zero-order valence-corrected chi connectivity index (χ0v) is 10.6. The molecule has 1 aromatic rings. The number of halogens is 2. The van der Waals surface area contributed by atoms with Gasteiger partial charge in [-0.15, -0.1) is 11.3 Å². The van der Waals surface area contributed by atoms with Crippen LogP contribution in [0.5, 0.6) is 0 Å². The van der Waals surface area contributed by atoms with Crippen LogP contribution in [0.4, 0.5) is 0 Å². The molecular weight excluding hydrogens is 237 g/mol. The summed E-state index contributed by atoms with van der Waals surface area (Å²) >= 11 is 13.6. The van der Waals surface area contributed by atoms with Crippen molar-refractivity contribution in [2.75, 3.05) is 13.6 Å². The Morgan fingerprint density at radius 1 is 1.64 bits per heavy atom. The van der Waals surface area contributed by atoms with Crippen LogP contribution in [0.3, 0.4) is 0 Å². The molecule has 1 aromatic heterocycles. The molecule has 0 aromatic carbocycles. The van der Waals surface area contributed by atoms with Crippen LogP contribution in [0.2, 0.25) is 8.67 Å². The smallest absolute Gasteiger partial charge is 0.0981 e. The average Bonchev–Trinajstić information content (AvgIpc) is 2.60. The SMILES string of the molecule is CNCC1CC1(C)c1cc(Cl)sc1Cl. The molecule has 4 heteroatoms. The van der Waals surface area contributed by atoms with E-state index >= 15 is 0 Å². The number of hydrogen-bond donors (Lipinski definition) is 1.